The molecule has 0 amide bonds. The van der Waals surface area contributed by atoms with Gasteiger partial charge in [0.05, 0.1) is 0 Å². The maximum Gasteiger partial charge on any atom is 0.336 e. The number of carboxylic acid groups (broad SMARTS) is 1. The number of aliphatic hydroxyl groups excluding tert-OH is 3. The summed E-state index contributed by atoms with van der Waals surface area (Å²) in [5, 5.41) is 40.3. The van der Waals surface area contributed by atoms with Crippen LogP contribution >= 0.6 is 0 Å². The first-order chi connectivity index (χ1) is 16.4. The second-order valence-electron chi connectivity index (χ2n) is 9.05. The van der Waals surface area contributed by atoms with Gasteiger partial charge >= 0.3 is 17.6 Å². The lowest BCUT2D eigenvalue weighted by atomic mass is 9.95. The van der Waals surface area contributed by atoms with Gasteiger partial charge in [0.15, 0.2) is 6.29 Å². The van der Waals surface area contributed by atoms with Crippen molar-refractivity contribution in [3.63, 3.8) is 0 Å². The van der Waals surface area contributed by atoms with Gasteiger partial charge in [-0.05, 0) is 31.5 Å². The van der Waals surface area contributed by atoms with Crippen LogP contribution in [0, 0.1) is 0 Å². The third-order valence-electron chi connectivity index (χ3n) is 6.04. The fraction of sp³-hybridized carbons (Fsp3) is 0.522. The van der Waals surface area contributed by atoms with Gasteiger partial charge in [0.25, 0.3) is 0 Å². The van der Waals surface area contributed by atoms with E-state index in [1.807, 2.05) is 6.07 Å². The zero-order valence-corrected chi connectivity index (χ0v) is 18.9. The van der Waals surface area contributed by atoms with Crippen LogP contribution in [-0.2, 0) is 30.2 Å². The molecule has 3 heterocycles. The summed E-state index contributed by atoms with van der Waals surface area (Å²) in [6.07, 6.45) is -8.61. The number of hydrogen-bond donors (Lipinski definition) is 4. The number of aliphatic hydroxyl groups is 3. The Bertz CT molecular complexity index is 1170. The van der Waals surface area contributed by atoms with Crippen LogP contribution in [0.4, 0.5) is 0 Å². The molecule has 1 aromatic heterocycles. The van der Waals surface area contributed by atoms with Crippen LogP contribution in [0.15, 0.2) is 33.5 Å². The van der Waals surface area contributed by atoms with Crippen molar-refractivity contribution in [1.29, 1.82) is 0 Å². The molecule has 0 aliphatic carbocycles. The molecule has 1 aromatic carbocycles. The molecule has 6 atom stereocenters. The first-order valence-corrected chi connectivity index (χ1v) is 10.9. The second-order valence-corrected chi connectivity index (χ2v) is 9.05. The Hall–Kier alpha value is -3.03. The van der Waals surface area contributed by atoms with Gasteiger partial charge in [-0.15, -0.1) is 0 Å². The van der Waals surface area contributed by atoms with Gasteiger partial charge in [0.2, 0.25) is 0 Å². The molecule has 4 N–H and O–H groups in total. The Morgan fingerprint density at radius 3 is 2.57 bits per heavy atom. The number of carbonyl (C=O) groups excluding carboxylic acids is 1. The molecular formula is C23H26O12. The zero-order chi connectivity index (χ0) is 25.5. The summed E-state index contributed by atoms with van der Waals surface area (Å²) < 4.78 is 27.6. The molecule has 0 saturated carbocycles. The highest BCUT2D eigenvalue weighted by Crippen LogP contribution is 2.38. The standard InChI is InChI=1S/C23H26O12/c1-23(2,15-6-11-5-10-3-4-17(26)33-12(10)7-13(11)32-15)35-22-21(30)20(29)19(28)14(34-22)9-31-18(27)8-16(24)25/h3-5,7,14-15,19-22,28-30H,6,8-9H2,1-2H3,(H,24,25)/t14-,15+,19+,20+,21+,22-/m0/s1. The summed E-state index contributed by atoms with van der Waals surface area (Å²) in [6, 6.07) is 6.44. The first kappa shape index (κ1) is 25.1. The van der Waals surface area contributed by atoms with E-state index >= 15 is 0 Å². The number of esters is 1. The Kier molecular flexibility index (Phi) is 6.84. The topological polar surface area (TPSA) is 182 Å². The lowest BCUT2D eigenvalue weighted by molar-refractivity contribution is -0.329. The number of carbonyl (C=O) groups is 2. The second kappa shape index (κ2) is 9.55. The first-order valence-electron chi connectivity index (χ1n) is 10.9. The normalized spacial score (nSPS) is 28.4. The maximum atomic E-state index is 11.5. The average molecular weight is 494 g/mol. The predicted molar refractivity (Wildman–Crippen MR) is 116 cm³/mol. The van der Waals surface area contributed by atoms with E-state index < -0.39 is 73.0 Å². The van der Waals surface area contributed by atoms with Crippen molar-refractivity contribution in [2.75, 3.05) is 6.61 Å². The highest BCUT2D eigenvalue weighted by molar-refractivity contribution is 5.90. The number of fused-ring (bicyclic) bond motifs is 2. The summed E-state index contributed by atoms with van der Waals surface area (Å²) in [6.45, 7) is 2.83. The van der Waals surface area contributed by atoms with Crippen molar-refractivity contribution in [2.45, 2.75) is 69.1 Å². The van der Waals surface area contributed by atoms with Crippen LogP contribution < -0.4 is 10.4 Å². The van der Waals surface area contributed by atoms with Gasteiger partial charge < -0.3 is 43.8 Å². The molecule has 190 valence electrons. The molecule has 35 heavy (non-hydrogen) atoms. The predicted octanol–water partition coefficient (Wildman–Crippen LogP) is -0.283. The number of hydrogen-bond acceptors (Lipinski definition) is 11. The summed E-state index contributed by atoms with van der Waals surface area (Å²) in [7, 11) is 0. The Morgan fingerprint density at radius 1 is 1.11 bits per heavy atom. The van der Waals surface area contributed by atoms with Crippen molar-refractivity contribution in [2.24, 2.45) is 0 Å². The number of carboxylic acids is 1. The fourth-order valence-electron chi connectivity index (χ4n) is 4.07. The van der Waals surface area contributed by atoms with Crippen molar-refractivity contribution >= 4 is 22.9 Å². The number of aliphatic carboxylic acids is 1. The summed E-state index contributed by atoms with van der Waals surface area (Å²) in [4.78, 5) is 33.6. The van der Waals surface area contributed by atoms with Crippen LogP contribution in [0.1, 0.15) is 25.8 Å². The third-order valence-corrected chi connectivity index (χ3v) is 6.04. The fourth-order valence-corrected chi connectivity index (χ4v) is 4.07. The molecule has 1 saturated heterocycles. The molecule has 12 nitrogen and oxygen atoms in total. The number of rotatable bonds is 7. The largest absolute Gasteiger partial charge is 0.487 e. The minimum Gasteiger partial charge on any atom is -0.487 e. The van der Waals surface area contributed by atoms with E-state index in [4.69, 9.17) is 28.5 Å². The quantitative estimate of drug-likeness (QED) is 0.225. The highest BCUT2D eigenvalue weighted by atomic mass is 16.7. The van der Waals surface area contributed by atoms with Crippen LogP contribution in [0.3, 0.4) is 0 Å². The molecule has 0 bridgehead atoms. The number of benzene rings is 1. The van der Waals surface area contributed by atoms with Gasteiger partial charge in [-0.2, -0.15) is 0 Å². The smallest absolute Gasteiger partial charge is 0.336 e. The van der Waals surface area contributed by atoms with E-state index in [-0.39, 0.29) is 0 Å². The summed E-state index contributed by atoms with van der Waals surface area (Å²) >= 11 is 0. The molecule has 0 spiro atoms. The Labute approximate surface area is 198 Å². The van der Waals surface area contributed by atoms with Gasteiger partial charge in [-0.25, -0.2) is 4.79 Å². The van der Waals surface area contributed by atoms with Crippen molar-refractivity contribution in [1.82, 2.24) is 0 Å². The lowest BCUT2D eigenvalue weighted by Gasteiger charge is -2.43. The van der Waals surface area contributed by atoms with E-state index in [1.165, 1.54) is 6.07 Å². The van der Waals surface area contributed by atoms with Crippen molar-refractivity contribution in [3.8, 4) is 5.75 Å². The van der Waals surface area contributed by atoms with Crippen LogP contribution in [0.25, 0.3) is 11.0 Å². The highest BCUT2D eigenvalue weighted by Gasteiger charge is 2.48. The average Bonchev–Trinajstić information content (AvgIpc) is 3.20. The molecule has 2 aliphatic heterocycles. The lowest BCUT2D eigenvalue weighted by Crippen LogP contribution is -2.61. The maximum absolute atomic E-state index is 11.5. The molecule has 1 fully saturated rings. The molecule has 2 aromatic rings. The monoisotopic (exact) mass is 494 g/mol. The summed E-state index contributed by atoms with van der Waals surface area (Å²) in [5.41, 5.74) is -0.330. The molecule has 4 rings (SSSR count). The zero-order valence-electron chi connectivity index (χ0n) is 18.9. The van der Waals surface area contributed by atoms with Crippen LogP contribution in [-0.4, -0.2) is 81.4 Å². The SMILES string of the molecule is CC(C)(O[C@@H]1O[C@@H](COC(=O)CC(=O)O)[C@@H](O)[C@@H](O)[C@H]1O)[C@H]1Cc2cc3ccc(=O)oc3cc2O1. The van der Waals surface area contributed by atoms with Crippen molar-refractivity contribution in [3.05, 3.63) is 40.2 Å². The minimum atomic E-state index is -1.68. The summed E-state index contributed by atoms with van der Waals surface area (Å²) in [5.74, 6) is -1.92. The van der Waals surface area contributed by atoms with E-state index in [0.29, 0.717) is 17.8 Å². The van der Waals surface area contributed by atoms with E-state index in [2.05, 4.69) is 0 Å². The molecule has 0 radical (unpaired) electrons. The number of ether oxygens (including phenoxy) is 4. The molecular weight excluding hydrogens is 468 g/mol. The van der Waals surface area contributed by atoms with E-state index in [0.717, 1.165) is 10.9 Å². The van der Waals surface area contributed by atoms with Gasteiger partial charge in [-0.3, -0.25) is 9.59 Å². The van der Waals surface area contributed by atoms with Gasteiger partial charge in [-0.1, -0.05) is 0 Å². The Balaban J connectivity index is 1.45. The van der Waals surface area contributed by atoms with Crippen molar-refractivity contribution < 1.29 is 53.4 Å². The van der Waals surface area contributed by atoms with E-state index in [1.54, 1.807) is 26.0 Å². The molecule has 2 aliphatic rings. The van der Waals surface area contributed by atoms with Gasteiger partial charge in [0, 0.05) is 23.9 Å². The molecule has 0 unspecified atom stereocenters. The van der Waals surface area contributed by atoms with Crippen LogP contribution in [0.2, 0.25) is 0 Å². The van der Waals surface area contributed by atoms with Gasteiger partial charge in [0.1, 0.15) is 60.5 Å². The Morgan fingerprint density at radius 2 is 1.86 bits per heavy atom. The minimum absolute atomic E-state index is 0.374. The van der Waals surface area contributed by atoms with E-state index in [9.17, 15) is 29.7 Å². The van der Waals surface area contributed by atoms with Crippen LogP contribution in [0.5, 0.6) is 5.75 Å². The third kappa shape index (κ3) is 5.31. The molecule has 12 heteroatoms.